The van der Waals surface area contributed by atoms with Gasteiger partial charge in [-0.05, 0) is 6.92 Å². The molecule has 0 saturated carbocycles. The number of nitrogens with one attached hydrogen (secondary N) is 1. The van der Waals surface area contributed by atoms with Crippen LogP contribution in [0.4, 0.5) is 0 Å². The van der Waals surface area contributed by atoms with Crippen LogP contribution in [0.2, 0.25) is 0 Å². The second-order valence-electron chi connectivity index (χ2n) is 2.66. The zero-order chi connectivity index (χ0) is 10.4. The first-order chi connectivity index (χ1) is 5.99. The molecule has 0 aromatic heterocycles. The summed E-state index contributed by atoms with van der Waals surface area (Å²) in [7, 11) is 1.29. The third-order valence-corrected chi connectivity index (χ3v) is 1.56. The number of esters is 1. The molecule has 0 heterocycles. The van der Waals surface area contributed by atoms with Crippen molar-refractivity contribution >= 4 is 11.9 Å². The van der Waals surface area contributed by atoms with E-state index in [9.17, 15) is 9.59 Å². The van der Waals surface area contributed by atoms with Crippen LogP contribution in [0, 0.1) is 0 Å². The van der Waals surface area contributed by atoms with Gasteiger partial charge in [-0.15, -0.1) is 0 Å². The van der Waals surface area contributed by atoms with Crippen LogP contribution in [0.25, 0.3) is 0 Å². The Bertz CT molecular complexity index is 195. The van der Waals surface area contributed by atoms with Gasteiger partial charge in [0.1, 0.15) is 6.04 Å². The Morgan fingerprint density at radius 1 is 1.54 bits per heavy atom. The third-order valence-electron chi connectivity index (χ3n) is 1.56. The first-order valence-corrected chi connectivity index (χ1v) is 3.85. The molecule has 0 saturated heterocycles. The molecule has 0 aromatic rings. The van der Waals surface area contributed by atoms with Crippen molar-refractivity contribution < 1.29 is 14.3 Å². The molecule has 0 spiro atoms. The predicted octanol–water partition coefficient (Wildman–Crippen LogP) is -2.05. The Balaban J connectivity index is 3.76. The largest absolute Gasteiger partial charge is 0.468 e. The highest BCUT2D eigenvalue weighted by Crippen LogP contribution is 1.85. The maximum atomic E-state index is 10.9. The van der Waals surface area contributed by atoms with E-state index in [4.69, 9.17) is 11.5 Å². The summed E-state index contributed by atoms with van der Waals surface area (Å²) in [5.41, 5.74) is 10.2. The van der Waals surface area contributed by atoms with E-state index < -0.39 is 24.0 Å². The van der Waals surface area contributed by atoms with Crippen LogP contribution in [-0.4, -0.2) is 37.6 Å². The van der Waals surface area contributed by atoms with Gasteiger partial charge in [-0.25, -0.2) is 0 Å². The second kappa shape index (κ2) is 5.50. The van der Waals surface area contributed by atoms with Crippen molar-refractivity contribution in [1.29, 1.82) is 0 Å². The standard InChI is InChI=1S/C7H15N3O3/c1-4(7(12)13-2)10-3-5(8)6(9)11/h4-5,10H,3,8H2,1-2H3,(H2,9,11). The highest BCUT2D eigenvalue weighted by molar-refractivity contribution is 5.80. The normalized spacial score (nSPS) is 14.7. The van der Waals surface area contributed by atoms with Crippen LogP contribution >= 0.6 is 0 Å². The van der Waals surface area contributed by atoms with Crippen LogP contribution in [0.15, 0.2) is 0 Å². The topological polar surface area (TPSA) is 107 Å². The fourth-order valence-corrected chi connectivity index (χ4v) is 0.664. The minimum atomic E-state index is -0.785. The number of primary amides is 1. The molecule has 0 aromatic carbocycles. The van der Waals surface area contributed by atoms with Gasteiger partial charge in [0, 0.05) is 6.54 Å². The van der Waals surface area contributed by atoms with Crippen LogP contribution in [0.1, 0.15) is 6.92 Å². The second-order valence-corrected chi connectivity index (χ2v) is 2.66. The van der Waals surface area contributed by atoms with E-state index in [-0.39, 0.29) is 6.54 Å². The van der Waals surface area contributed by atoms with E-state index in [2.05, 4.69) is 10.1 Å². The van der Waals surface area contributed by atoms with E-state index in [0.717, 1.165) is 0 Å². The molecule has 2 atom stereocenters. The van der Waals surface area contributed by atoms with Crippen molar-refractivity contribution in [2.24, 2.45) is 11.5 Å². The Morgan fingerprint density at radius 2 is 2.08 bits per heavy atom. The molecule has 0 aliphatic carbocycles. The van der Waals surface area contributed by atoms with Crippen LogP contribution < -0.4 is 16.8 Å². The van der Waals surface area contributed by atoms with Gasteiger partial charge in [0.05, 0.1) is 13.2 Å². The van der Waals surface area contributed by atoms with Gasteiger partial charge in [0.2, 0.25) is 5.91 Å². The number of amides is 1. The number of rotatable bonds is 5. The third kappa shape index (κ3) is 4.44. The summed E-state index contributed by atoms with van der Waals surface area (Å²) in [6, 6.07) is -1.28. The number of hydrogen-bond acceptors (Lipinski definition) is 5. The quantitative estimate of drug-likeness (QED) is 0.431. The van der Waals surface area contributed by atoms with Gasteiger partial charge >= 0.3 is 5.97 Å². The van der Waals surface area contributed by atoms with Crippen molar-refractivity contribution in [3.63, 3.8) is 0 Å². The van der Waals surface area contributed by atoms with Gasteiger partial charge in [-0.2, -0.15) is 0 Å². The fourth-order valence-electron chi connectivity index (χ4n) is 0.664. The zero-order valence-corrected chi connectivity index (χ0v) is 7.74. The summed E-state index contributed by atoms with van der Waals surface area (Å²) >= 11 is 0. The van der Waals surface area contributed by atoms with Gasteiger partial charge in [-0.1, -0.05) is 0 Å². The number of ether oxygens (including phenoxy) is 1. The number of carbonyl (C=O) groups excluding carboxylic acids is 2. The molecule has 0 aliphatic rings. The van der Waals surface area contributed by atoms with Gasteiger partial charge in [-0.3, -0.25) is 9.59 Å². The minimum Gasteiger partial charge on any atom is -0.468 e. The SMILES string of the molecule is COC(=O)C(C)NCC(N)C(N)=O. The molecule has 2 unspecified atom stereocenters. The monoisotopic (exact) mass is 189 g/mol. The van der Waals surface area contributed by atoms with Crippen LogP contribution in [0.3, 0.4) is 0 Å². The lowest BCUT2D eigenvalue weighted by Gasteiger charge is -2.13. The number of methoxy groups -OCH3 is 1. The molecular weight excluding hydrogens is 174 g/mol. The average Bonchev–Trinajstić information content (AvgIpc) is 2.11. The Kier molecular flexibility index (Phi) is 5.01. The average molecular weight is 189 g/mol. The lowest BCUT2D eigenvalue weighted by atomic mass is 10.2. The van der Waals surface area contributed by atoms with Crippen molar-refractivity contribution in [3.05, 3.63) is 0 Å². The van der Waals surface area contributed by atoms with E-state index in [1.54, 1.807) is 6.92 Å². The maximum absolute atomic E-state index is 10.9. The molecule has 76 valence electrons. The molecule has 0 aliphatic heterocycles. The zero-order valence-electron chi connectivity index (χ0n) is 7.74. The molecule has 6 nitrogen and oxygen atoms in total. The molecule has 6 heteroatoms. The first kappa shape index (κ1) is 11.9. The molecular formula is C7H15N3O3. The van der Waals surface area contributed by atoms with Crippen molar-refractivity contribution in [2.75, 3.05) is 13.7 Å². The summed E-state index contributed by atoms with van der Waals surface area (Å²) < 4.78 is 4.45. The number of hydrogen-bond donors (Lipinski definition) is 3. The van der Waals surface area contributed by atoms with E-state index in [0.29, 0.717) is 0 Å². The maximum Gasteiger partial charge on any atom is 0.322 e. The van der Waals surface area contributed by atoms with Crippen molar-refractivity contribution in [1.82, 2.24) is 5.32 Å². The summed E-state index contributed by atoms with van der Waals surface area (Å²) in [5, 5.41) is 2.71. The van der Waals surface area contributed by atoms with Crippen LogP contribution in [-0.2, 0) is 14.3 Å². The molecule has 5 N–H and O–H groups in total. The molecule has 0 radical (unpaired) electrons. The van der Waals surface area contributed by atoms with Gasteiger partial charge < -0.3 is 21.5 Å². The Labute approximate surface area is 76.6 Å². The van der Waals surface area contributed by atoms with Crippen molar-refractivity contribution in [2.45, 2.75) is 19.0 Å². The molecule has 0 bridgehead atoms. The molecule has 0 rings (SSSR count). The summed E-state index contributed by atoms with van der Waals surface area (Å²) in [6.07, 6.45) is 0. The van der Waals surface area contributed by atoms with Gasteiger partial charge in [0.25, 0.3) is 0 Å². The lowest BCUT2D eigenvalue weighted by Crippen LogP contribution is -2.48. The van der Waals surface area contributed by atoms with E-state index in [1.807, 2.05) is 0 Å². The van der Waals surface area contributed by atoms with Gasteiger partial charge in [0.15, 0.2) is 0 Å². The summed E-state index contributed by atoms with van der Waals surface area (Å²) in [4.78, 5) is 21.3. The highest BCUT2D eigenvalue weighted by Gasteiger charge is 2.15. The summed E-state index contributed by atoms with van der Waals surface area (Å²) in [6.45, 7) is 1.77. The Hall–Kier alpha value is -1.14. The van der Waals surface area contributed by atoms with Crippen molar-refractivity contribution in [3.8, 4) is 0 Å². The lowest BCUT2D eigenvalue weighted by molar-refractivity contribution is -0.142. The molecule has 13 heavy (non-hydrogen) atoms. The summed E-state index contributed by atoms with van der Waals surface area (Å²) in [5.74, 6) is -1.01. The highest BCUT2D eigenvalue weighted by atomic mass is 16.5. The van der Waals surface area contributed by atoms with E-state index >= 15 is 0 Å². The first-order valence-electron chi connectivity index (χ1n) is 3.85. The fraction of sp³-hybridized carbons (Fsp3) is 0.714. The number of nitrogens with two attached hydrogens (primary N) is 2. The Morgan fingerprint density at radius 3 is 2.46 bits per heavy atom. The minimum absolute atomic E-state index is 0.158. The van der Waals surface area contributed by atoms with Crippen LogP contribution in [0.5, 0.6) is 0 Å². The molecule has 1 amide bonds. The molecule has 0 fully saturated rings. The van der Waals surface area contributed by atoms with E-state index in [1.165, 1.54) is 7.11 Å². The predicted molar refractivity (Wildman–Crippen MR) is 46.7 cm³/mol. The smallest absolute Gasteiger partial charge is 0.322 e. The number of carbonyl (C=O) groups is 2.